The van der Waals surface area contributed by atoms with Crippen LogP contribution in [0.5, 0.6) is 0 Å². The Morgan fingerprint density at radius 3 is 2.29 bits per heavy atom. The number of piperazine rings is 1. The molecule has 0 bridgehead atoms. The van der Waals surface area contributed by atoms with Crippen molar-refractivity contribution in [3.8, 4) is 0 Å². The monoisotopic (exact) mass is 423 g/mol. The second kappa shape index (κ2) is 11.2. The molecule has 0 aromatic heterocycles. The zero-order valence-corrected chi connectivity index (χ0v) is 18.5. The Labute approximate surface area is 184 Å². The van der Waals surface area contributed by atoms with Crippen LogP contribution in [0.2, 0.25) is 0 Å². The maximum Gasteiger partial charge on any atom is 0.323 e. The second-order valence-corrected chi connectivity index (χ2v) is 7.74. The zero-order valence-electron chi connectivity index (χ0n) is 18.5. The molecule has 166 valence electrons. The number of hydrogen-bond donors (Lipinski definition) is 3. The third kappa shape index (κ3) is 6.64. The summed E-state index contributed by atoms with van der Waals surface area (Å²) < 4.78 is 0. The smallest absolute Gasteiger partial charge is 0.323 e. The maximum atomic E-state index is 12.3. The van der Waals surface area contributed by atoms with Gasteiger partial charge in [0.15, 0.2) is 0 Å². The molecule has 7 nitrogen and oxygen atoms in total. The molecular weight excluding hydrogens is 390 g/mol. The summed E-state index contributed by atoms with van der Waals surface area (Å²) in [6.07, 6.45) is 3.01. The highest BCUT2D eigenvalue weighted by atomic mass is 16.2. The number of benzene rings is 2. The molecule has 2 aromatic rings. The summed E-state index contributed by atoms with van der Waals surface area (Å²) in [5.41, 5.74) is 3.79. The molecule has 2 aromatic carbocycles. The van der Waals surface area contributed by atoms with Crippen LogP contribution in [0.25, 0.3) is 0 Å². The van der Waals surface area contributed by atoms with Gasteiger partial charge >= 0.3 is 12.1 Å². The number of unbranched alkanes of at least 4 members (excludes halogenated alkanes) is 1. The van der Waals surface area contributed by atoms with E-state index in [1.54, 1.807) is 0 Å². The molecule has 0 radical (unpaired) electrons. The molecule has 1 saturated heterocycles. The second-order valence-electron chi connectivity index (χ2n) is 7.74. The Morgan fingerprint density at radius 1 is 0.903 bits per heavy atom. The van der Waals surface area contributed by atoms with E-state index in [0.29, 0.717) is 13.1 Å². The molecule has 1 aliphatic rings. The van der Waals surface area contributed by atoms with Gasteiger partial charge in [0.1, 0.15) is 0 Å². The summed E-state index contributed by atoms with van der Waals surface area (Å²) in [5.74, 6) is 0. The van der Waals surface area contributed by atoms with Crippen LogP contribution < -0.4 is 20.9 Å². The summed E-state index contributed by atoms with van der Waals surface area (Å²) in [6, 6.07) is 15.4. The Morgan fingerprint density at radius 2 is 1.61 bits per heavy atom. The van der Waals surface area contributed by atoms with Crippen molar-refractivity contribution in [3.05, 3.63) is 54.1 Å². The van der Waals surface area contributed by atoms with E-state index in [2.05, 4.69) is 34.7 Å². The fourth-order valence-corrected chi connectivity index (χ4v) is 3.57. The van der Waals surface area contributed by atoms with Crippen molar-refractivity contribution in [1.82, 2.24) is 10.2 Å². The van der Waals surface area contributed by atoms with Gasteiger partial charge in [-0.2, -0.15) is 0 Å². The first-order valence-electron chi connectivity index (χ1n) is 11.1. The highest BCUT2D eigenvalue weighted by Crippen LogP contribution is 2.20. The molecule has 1 heterocycles. The van der Waals surface area contributed by atoms with Crippen molar-refractivity contribution >= 4 is 29.1 Å². The molecule has 1 fully saturated rings. The Balaban J connectivity index is 1.47. The SMILES string of the molecule is CCCCNC(=O)N1CCN(c2ccc(NC(=O)Nc3cccc(CC)c3)cc2)CC1. The van der Waals surface area contributed by atoms with E-state index in [0.717, 1.165) is 56.0 Å². The van der Waals surface area contributed by atoms with Crippen molar-refractivity contribution in [3.63, 3.8) is 0 Å². The fourth-order valence-electron chi connectivity index (χ4n) is 3.57. The van der Waals surface area contributed by atoms with Gasteiger partial charge in [-0.15, -0.1) is 0 Å². The standard InChI is InChI=1S/C24H33N5O2/c1-3-5-13-25-24(31)29-16-14-28(15-17-29)22-11-9-20(10-12-22)26-23(30)27-21-8-6-7-19(4-2)18-21/h6-12,18H,3-5,13-17H2,1-2H3,(H,25,31)(H2,26,27,30). The average Bonchev–Trinajstić information content (AvgIpc) is 2.80. The normalized spacial score (nSPS) is 13.6. The van der Waals surface area contributed by atoms with E-state index in [1.165, 1.54) is 5.56 Å². The van der Waals surface area contributed by atoms with Crippen LogP contribution >= 0.6 is 0 Å². The van der Waals surface area contributed by atoms with Gasteiger partial charge in [0.2, 0.25) is 0 Å². The van der Waals surface area contributed by atoms with E-state index in [4.69, 9.17) is 0 Å². The van der Waals surface area contributed by atoms with E-state index in [-0.39, 0.29) is 12.1 Å². The fraction of sp³-hybridized carbons (Fsp3) is 0.417. The maximum absolute atomic E-state index is 12.3. The number of anilines is 3. The third-order valence-electron chi connectivity index (χ3n) is 5.46. The van der Waals surface area contributed by atoms with Crippen LogP contribution in [0, 0.1) is 0 Å². The van der Waals surface area contributed by atoms with Gasteiger partial charge in [-0.3, -0.25) is 0 Å². The van der Waals surface area contributed by atoms with Crippen molar-refractivity contribution in [2.75, 3.05) is 48.3 Å². The minimum absolute atomic E-state index is 0.0307. The van der Waals surface area contributed by atoms with Gasteiger partial charge in [-0.1, -0.05) is 32.4 Å². The molecule has 3 rings (SSSR count). The number of amides is 4. The number of carbonyl (C=O) groups excluding carboxylic acids is 2. The number of carbonyl (C=O) groups is 2. The lowest BCUT2D eigenvalue weighted by molar-refractivity contribution is 0.194. The summed E-state index contributed by atoms with van der Waals surface area (Å²) in [5, 5.41) is 8.73. The van der Waals surface area contributed by atoms with Gasteiger partial charge in [-0.05, 0) is 54.8 Å². The molecule has 3 N–H and O–H groups in total. The minimum Gasteiger partial charge on any atom is -0.368 e. The average molecular weight is 424 g/mol. The highest BCUT2D eigenvalue weighted by Gasteiger charge is 2.21. The number of urea groups is 2. The van der Waals surface area contributed by atoms with Gasteiger partial charge in [0.25, 0.3) is 0 Å². The number of nitrogens with one attached hydrogen (secondary N) is 3. The Bertz CT molecular complexity index is 861. The summed E-state index contributed by atoms with van der Waals surface area (Å²) >= 11 is 0. The lowest BCUT2D eigenvalue weighted by Gasteiger charge is -2.36. The van der Waals surface area contributed by atoms with Crippen molar-refractivity contribution in [1.29, 1.82) is 0 Å². The van der Waals surface area contributed by atoms with Gasteiger partial charge in [0, 0.05) is 49.8 Å². The highest BCUT2D eigenvalue weighted by molar-refractivity contribution is 5.99. The third-order valence-corrected chi connectivity index (χ3v) is 5.46. The molecular formula is C24H33N5O2. The van der Waals surface area contributed by atoms with Crippen molar-refractivity contribution in [2.45, 2.75) is 33.1 Å². The molecule has 31 heavy (non-hydrogen) atoms. The van der Waals surface area contributed by atoms with Gasteiger partial charge in [0.05, 0.1) is 0 Å². The molecule has 0 atom stereocenters. The first-order chi connectivity index (χ1) is 15.1. The number of nitrogens with zero attached hydrogens (tertiary/aromatic N) is 2. The predicted molar refractivity (Wildman–Crippen MR) is 127 cm³/mol. The van der Waals surface area contributed by atoms with Gasteiger partial charge < -0.3 is 25.8 Å². The van der Waals surface area contributed by atoms with E-state index in [9.17, 15) is 9.59 Å². The molecule has 0 unspecified atom stereocenters. The quantitative estimate of drug-likeness (QED) is 0.573. The van der Waals surface area contributed by atoms with E-state index >= 15 is 0 Å². The van der Waals surface area contributed by atoms with Crippen molar-refractivity contribution < 1.29 is 9.59 Å². The number of rotatable bonds is 7. The zero-order chi connectivity index (χ0) is 22.1. The topological polar surface area (TPSA) is 76.7 Å². The Hall–Kier alpha value is -3.22. The predicted octanol–water partition coefficient (Wildman–Crippen LogP) is 4.52. The van der Waals surface area contributed by atoms with Crippen LogP contribution in [-0.2, 0) is 6.42 Å². The summed E-state index contributed by atoms with van der Waals surface area (Å²) in [6.45, 7) is 7.94. The molecule has 0 spiro atoms. The summed E-state index contributed by atoms with van der Waals surface area (Å²) in [7, 11) is 0. The molecule has 1 aliphatic heterocycles. The molecule has 0 aliphatic carbocycles. The van der Waals surface area contributed by atoms with Crippen molar-refractivity contribution in [2.24, 2.45) is 0 Å². The lowest BCUT2D eigenvalue weighted by atomic mass is 10.1. The number of hydrogen-bond acceptors (Lipinski definition) is 3. The molecule has 4 amide bonds. The Kier molecular flexibility index (Phi) is 8.15. The van der Waals surface area contributed by atoms with Crippen LogP contribution in [-0.4, -0.2) is 49.7 Å². The van der Waals surface area contributed by atoms with Crippen LogP contribution in [0.3, 0.4) is 0 Å². The minimum atomic E-state index is -0.260. The van der Waals surface area contributed by atoms with Gasteiger partial charge in [-0.25, -0.2) is 9.59 Å². The largest absolute Gasteiger partial charge is 0.368 e. The first kappa shape index (κ1) is 22.5. The molecule has 7 heteroatoms. The lowest BCUT2D eigenvalue weighted by Crippen LogP contribution is -2.52. The number of aryl methyl sites for hydroxylation is 1. The summed E-state index contributed by atoms with van der Waals surface area (Å²) in [4.78, 5) is 28.6. The van der Waals surface area contributed by atoms with E-state index < -0.39 is 0 Å². The molecule has 0 saturated carbocycles. The van der Waals surface area contributed by atoms with Crippen LogP contribution in [0.15, 0.2) is 48.5 Å². The first-order valence-corrected chi connectivity index (χ1v) is 11.1. The van der Waals surface area contributed by atoms with Crippen LogP contribution in [0.4, 0.5) is 26.7 Å². The van der Waals surface area contributed by atoms with Crippen LogP contribution in [0.1, 0.15) is 32.3 Å². The van der Waals surface area contributed by atoms with E-state index in [1.807, 2.05) is 53.4 Å².